The Labute approximate surface area is 126 Å². The second-order valence-electron chi connectivity index (χ2n) is 5.65. The summed E-state index contributed by atoms with van der Waals surface area (Å²) in [6.07, 6.45) is 4.07. The highest BCUT2D eigenvalue weighted by Crippen LogP contribution is 2.41. The Hall–Kier alpha value is -1.93. The van der Waals surface area contributed by atoms with Gasteiger partial charge in [0.1, 0.15) is 0 Å². The Bertz CT molecular complexity index is 684. The summed E-state index contributed by atoms with van der Waals surface area (Å²) in [5.74, 6) is 0. The number of fused-ring (bicyclic) bond motifs is 1. The van der Waals surface area contributed by atoms with Gasteiger partial charge < -0.3 is 5.32 Å². The summed E-state index contributed by atoms with van der Waals surface area (Å²) < 4.78 is 0. The zero-order valence-electron chi connectivity index (χ0n) is 13.0. The molecular formula is C19H22N2. The van der Waals surface area contributed by atoms with Crippen LogP contribution < -0.4 is 5.32 Å². The quantitative estimate of drug-likeness (QED) is 0.914. The number of allylic oxidation sites excluding steroid dienone is 1. The molecule has 2 heteroatoms. The van der Waals surface area contributed by atoms with Gasteiger partial charge in [-0.2, -0.15) is 0 Å². The summed E-state index contributed by atoms with van der Waals surface area (Å²) in [6, 6.07) is 10.7. The highest BCUT2D eigenvalue weighted by molar-refractivity contribution is 5.88. The number of aryl methyl sites for hydroxylation is 1. The van der Waals surface area contributed by atoms with Crippen molar-refractivity contribution in [2.75, 3.05) is 13.6 Å². The Balaban J connectivity index is 2.23. The van der Waals surface area contributed by atoms with E-state index >= 15 is 0 Å². The van der Waals surface area contributed by atoms with Crippen molar-refractivity contribution in [1.82, 2.24) is 10.3 Å². The minimum absolute atomic E-state index is 0.951. The molecule has 0 spiro atoms. The fourth-order valence-corrected chi connectivity index (χ4v) is 3.38. The van der Waals surface area contributed by atoms with Gasteiger partial charge in [-0.05, 0) is 48.2 Å². The van der Waals surface area contributed by atoms with Crippen LogP contribution in [-0.2, 0) is 6.42 Å². The highest BCUT2D eigenvalue weighted by atomic mass is 14.8. The van der Waals surface area contributed by atoms with Gasteiger partial charge in [0.25, 0.3) is 0 Å². The maximum absolute atomic E-state index is 4.71. The van der Waals surface area contributed by atoms with Crippen LogP contribution in [0.15, 0.2) is 42.1 Å². The molecule has 0 atom stereocenters. The van der Waals surface area contributed by atoms with Gasteiger partial charge in [0.05, 0.1) is 5.69 Å². The van der Waals surface area contributed by atoms with Crippen molar-refractivity contribution < 1.29 is 0 Å². The lowest BCUT2D eigenvalue weighted by molar-refractivity contribution is 0.855. The molecule has 1 N–H and O–H groups in total. The first-order valence-electron chi connectivity index (χ1n) is 7.66. The molecular weight excluding hydrogens is 256 g/mol. The third-order valence-corrected chi connectivity index (χ3v) is 4.26. The first-order chi connectivity index (χ1) is 10.3. The van der Waals surface area contributed by atoms with E-state index in [2.05, 4.69) is 49.5 Å². The van der Waals surface area contributed by atoms with Gasteiger partial charge >= 0.3 is 0 Å². The molecule has 0 radical (unpaired) electrons. The van der Waals surface area contributed by atoms with E-state index in [1.54, 1.807) is 0 Å². The Morgan fingerprint density at radius 2 is 1.90 bits per heavy atom. The van der Waals surface area contributed by atoms with Crippen LogP contribution in [0, 0.1) is 6.92 Å². The van der Waals surface area contributed by atoms with E-state index in [0.29, 0.717) is 0 Å². The van der Waals surface area contributed by atoms with Crippen LogP contribution in [0.25, 0.3) is 16.7 Å². The van der Waals surface area contributed by atoms with Crippen molar-refractivity contribution in [3.63, 3.8) is 0 Å². The van der Waals surface area contributed by atoms with Crippen LogP contribution in [0.5, 0.6) is 0 Å². The summed E-state index contributed by atoms with van der Waals surface area (Å²) >= 11 is 0. The van der Waals surface area contributed by atoms with E-state index in [9.17, 15) is 0 Å². The fourth-order valence-electron chi connectivity index (χ4n) is 3.38. The molecule has 0 saturated heterocycles. The average Bonchev–Trinajstić information content (AvgIpc) is 2.86. The van der Waals surface area contributed by atoms with Gasteiger partial charge in [0, 0.05) is 24.7 Å². The fraction of sp³-hybridized carbons (Fsp3) is 0.316. The van der Waals surface area contributed by atoms with Crippen molar-refractivity contribution in [3.05, 3.63) is 58.9 Å². The van der Waals surface area contributed by atoms with E-state index in [4.69, 9.17) is 4.98 Å². The van der Waals surface area contributed by atoms with Crippen LogP contribution in [0.2, 0.25) is 0 Å². The summed E-state index contributed by atoms with van der Waals surface area (Å²) in [4.78, 5) is 4.71. The second kappa shape index (κ2) is 5.82. The number of pyridine rings is 1. The van der Waals surface area contributed by atoms with Crippen LogP contribution in [0.4, 0.5) is 0 Å². The van der Waals surface area contributed by atoms with Gasteiger partial charge in [-0.25, -0.2) is 0 Å². The number of likely N-dealkylation sites (N-methyl/N-ethyl adjacent to an activating group) is 1. The number of nitrogens with one attached hydrogen (secondary N) is 1. The Kier molecular flexibility index (Phi) is 3.89. The molecule has 0 saturated carbocycles. The molecule has 0 amide bonds. The molecule has 0 unspecified atom stereocenters. The molecule has 0 bridgehead atoms. The van der Waals surface area contributed by atoms with E-state index in [-0.39, 0.29) is 0 Å². The Morgan fingerprint density at radius 3 is 2.57 bits per heavy atom. The topological polar surface area (TPSA) is 24.9 Å². The number of hydrogen-bond acceptors (Lipinski definition) is 2. The minimum atomic E-state index is 0.951. The third-order valence-electron chi connectivity index (χ3n) is 4.26. The molecule has 0 fully saturated rings. The first-order valence-corrected chi connectivity index (χ1v) is 7.66. The van der Waals surface area contributed by atoms with Crippen LogP contribution in [0.1, 0.15) is 30.2 Å². The molecule has 1 aliphatic carbocycles. The van der Waals surface area contributed by atoms with Crippen molar-refractivity contribution in [3.8, 4) is 11.1 Å². The third kappa shape index (κ3) is 2.40. The standard InChI is InChI=1S/C19H22N2/c1-4-16-15(12-20-3)10-17-19(16)18(13(2)11-21-17)14-8-6-5-7-9-14/h5-9,11,20H,4,10,12H2,1-3H3. The maximum Gasteiger partial charge on any atom is 0.0526 e. The second-order valence-corrected chi connectivity index (χ2v) is 5.65. The van der Waals surface area contributed by atoms with Gasteiger partial charge in [-0.15, -0.1) is 0 Å². The number of rotatable bonds is 4. The maximum atomic E-state index is 4.71. The predicted octanol–water partition coefficient (Wildman–Crippen LogP) is 4.00. The minimum Gasteiger partial charge on any atom is -0.316 e. The molecule has 2 aromatic rings. The lowest BCUT2D eigenvalue weighted by atomic mass is 9.92. The average molecular weight is 278 g/mol. The number of aromatic nitrogens is 1. The normalized spacial score (nSPS) is 13.7. The van der Waals surface area contributed by atoms with Gasteiger partial charge in [-0.3, -0.25) is 4.98 Å². The summed E-state index contributed by atoms with van der Waals surface area (Å²) in [5.41, 5.74) is 9.51. The lowest BCUT2D eigenvalue weighted by Crippen LogP contribution is -2.11. The van der Waals surface area contributed by atoms with E-state index < -0.39 is 0 Å². The number of benzene rings is 1. The molecule has 1 aromatic carbocycles. The molecule has 2 nitrogen and oxygen atoms in total. The number of hydrogen-bond donors (Lipinski definition) is 1. The van der Waals surface area contributed by atoms with Gasteiger partial charge in [0.2, 0.25) is 0 Å². The number of nitrogens with zero attached hydrogens (tertiary/aromatic N) is 1. The summed E-state index contributed by atoms with van der Waals surface area (Å²) in [7, 11) is 2.01. The molecule has 1 heterocycles. The zero-order chi connectivity index (χ0) is 14.8. The highest BCUT2D eigenvalue weighted by Gasteiger charge is 2.25. The smallest absolute Gasteiger partial charge is 0.0526 e. The zero-order valence-corrected chi connectivity index (χ0v) is 13.0. The van der Waals surface area contributed by atoms with E-state index in [1.165, 1.54) is 39.1 Å². The largest absolute Gasteiger partial charge is 0.316 e. The van der Waals surface area contributed by atoms with E-state index in [0.717, 1.165) is 19.4 Å². The lowest BCUT2D eigenvalue weighted by Gasteiger charge is -2.14. The summed E-state index contributed by atoms with van der Waals surface area (Å²) in [5, 5.41) is 3.30. The first kappa shape index (κ1) is 14.0. The Morgan fingerprint density at radius 1 is 1.14 bits per heavy atom. The molecule has 1 aliphatic rings. The molecule has 0 aliphatic heterocycles. The van der Waals surface area contributed by atoms with Gasteiger partial charge in [-0.1, -0.05) is 37.3 Å². The molecule has 21 heavy (non-hydrogen) atoms. The molecule has 108 valence electrons. The molecule has 1 aromatic heterocycles. The van der Waals surface area contributed by atoms with Crippen molar-refractivity contribution >= 4 is 5.57 Å². The van der Waals surface area contributed by atoms with E-state index in [1.807, 2.05) is 13.2 Å². The van der Waals surface area contributed by atoms with Crippen LogP contribution >= 0.6 is 0 Å². The van der Waals surface area contributed by atoms with Crippen molar-refractivity contribution in [1.29, 1.82) is 0 Å². The summed E-state index contributed by atoms with van der Waals surface area (Å²) in [6.45, 7) is 5.36. The van der Waals surface area contributed by atoms with Crippen molar-refractivity contribution in [2.45, 2.75) is 26.7 Å². The molecule has 3 rings (SSSR count). The van der Waals surface area contributed by atoms with Gasteiger partial charge in [0.15, 0.2) is 0 Å². The monoisotopic (exact) mass is 278 g/mol. The van der Waals surface area contributed by atoms with Crippen LogP contribution in [0.3, 0.4) is 0 Å². The van der Waals surface area contributed by atoms with Crippen molar-refractivity contribution in [2.24, 2.45) is 0 Å². The predicted molar refractivity (Wildman–Crippen MR) is 89.3 cm³/mol. The SMILES string of the molecule is CCC1=C(CNC)Cc2ncc(C)c(-c3ccccc3)c21. The van der Waals surface area contributed by atoms with Crippen LogP contribution in [-0.4, -0.2) is 18.6 Å².